The fourth-order valence-electron chi connectivity index (χ4n) is 3.12. The van der Waals surface area contributed by atoms with Crippen LogP contribution in [0.4, 0.5) is 0 Å². The molecule has 2 aliphatic rings. The predicted molar refractivity (Wildman–Crippen MR) is 125 cm³/mol. The molecule has 0 unspecified atom stereocenters. The molecule has 9 heteroatoms. The first-order valence-corrected chi connectivity index (χ1v) is 10.4. The Hall–Kier alpha value is -1.36. The summed E-state index contributed by atoms with van der Waals surface area (Å²) in [5.41, 5.74) is -0.0540. The smallest absolute Gasteiger partial charge is 0.234 e. The summed E-state index contributed by atoms with van der Waals surface area (Å²) in [7, 11) is 0. The van der Waals surface area contributed by atoms with E-state index in [4.69, 9.17) is 9.41 Å². The van der Waals surface area contributed by atoms with Crippen molar-refractivity contribution in [1.82, 2.24) is 25.4 Å². The van der Waals surface area contributed by atoms with Crippen LogP contribution in [-0.4, -0.2) is 72.0 Å². The molecule has 164 valence electrons. The van der Waals surface area contributed by atoms with Gasteiger partial charge in [-0.2, -0.15) is 0 Å². The molecule has 2 N–H and O–H groups in total. The molecule has 3 rings (SSSR count). The lowest BCUT2D eigenvalue weighted by molar-refractivity contribution is -0.122. The third kappa shape index (κ3) is 7.44. The normalized spacial score (nSPS) is 18.3. The maximum atomic E-state index is 12.0. The summed E-state index contributed by atoms with van der Waals surface area (Å²) in [6.07, 6.45) is 4.05. The van der Waals surface area contributed by atoms with Gasteiger partial charge in [0.1, 0.15) is 12.3 Å². The molecule has 1 amide bonds. The van der Waals surface area contributed by atoms with E-state index < -0.39 is 0 Å². The first-order valence-electron chi connectivity index (χ1n) is 10.4. The quantitative estimate of drug-likeness (QED) is 0.340. The molecular formula is C20H35IN6O2. The van der Waals surface area contributed by atoms with Crippen molar-refractivity contribution < 1.29 is 9.21 Å². The number of carbonyl (C=O) groups is 1. The number of nitrogens with one attached hydrogen (secondary N) is 2. The largest absolute Gasteiger partial charge is 0.443 e. The van der Waals surface area contributed by atoms with E-state index in [9.17, 15) is 4.79 Å². The molecule has 0 aromatic carbocycles. The van der Waals surface area contributed by atoms with Crippen LogP contribution in [-0.2, 0) is 16.8 Å². The minimum atomic E-state index is -0.0540. The van der Waals surface area contributed by atoms with Crippen LogP contribution >= 0.6 is 24.0 Å². The number of hydrogen-bond donors (Lipinski definition) is 2. The first kappa shape index (κ1) is 23.9. The van der Waals surface area contributed by atoms with Gasteiger partial charge in [-0.1, -0.05) is 20.8 Å². The fraction of sp³-hybridized carbons (Fsp3) is 0.750. The standard InChI is InChI=1S/C20H34N6O2.HI/c1-5-21-19(23-13-18-22-12-16(28-18)20(2,3)4)26-10-8-25(9-11-26)14-17(27)24-15-6-7-15;/h12,15H,5-11,13-14H2,1-4H3,(H,21,23)(H,24,27);1H. The summed E-state index contributed by atoms with van der Waals surface area (Å²) in [6.45, 7) is 13.5. The summed E-state index contributed by atoms with van der Waals surface area (Å²) < 4.78 is 5.84. The Kier molecular flexibility index (Phi) is 8.74. The number of amides is 1. The number of aromatic nitrogens is 1. The maximum Gasteiger partial charge on any atom is 0.234 e. The average Bonchev–Trinajstić information content (AvgIpc) is 3.31. The van der Waals surface area contributed by atoms with Gasteiger partial charge >= 0.3 is 0 Å². The van der Waals surface area contributed by atoms with E-state index in [0.717, 1.165) is 57.3 Å². The minimum absolute atomic E-state index is 0. The van der Waals surface area contributed by atoms with E-state index in [1.54, 1.807) is 6.20 Å². The number of aliphatic imine (C=N–C) groups is 1. The predicted octanol–water partition coefficient (Wildman–Crippen LogP) is 1.95. The van der Waals surface area contributed by atoms with Gasteiger partial charge in [0.05, 0.1) is 12.7 Å². The lowest BCUT2D eigenvalue weighted by Gasteiger charge is -2.36. The minimum Gasteiger partial charge on any atom is -0.443 e. The van der Waals surface area contributed by atoms with Gasteiger partial charge in [-0.3, -0.25) is 9.69 Å². The molecule has 1 aromatic rings. The van der Waals surface area contributed by atoms with Gasteiger partial charge in [0.15, 0.2) is 5.96 Å². The van der Waals surface area contributed by atoms with Crippen molar-refractivity contribution in [3.05, 3.63) is 17.8 Å². The molecule has 8 nitrogen and oxygen atoms in total. The fourth-order valence-corrected chi connectivity index (χ4v) is 3.12. The maximum absolute atomic E-state index is 12.0. The molecule has 29 heavy (non-hydrogen) atoms. The highest BCUT2D eigenvalue weighted by Crippen LogP contribution is 2.23. The van der Waals surface area contributed by atoms with Gasteiger partial charge in [0.25, 0.3) is 0 Å². The average molecular weight is 518 g/mol. The Morgan fingerprint density at radius 2 is 1.97 bits per heavy atom. The Morgan fingerprint density at radius 1 is 1.28 bits per heavy atom. The third-order valence-corrected chi connectivity index (χ3v) is 4.97. The van der Waals surface area contributed by atoms with E-state index in [1.165, 1.54) is 0 Å². The number of oxazole rings is 1. The number of halogens is 1. The van der Waals surface area contributed by atoms with Gasteiger partial charge in [0, 0.05) is 44.2 Å². The van der Waals surface area contributed by atoms with Crippen LogP contribution in [0.5, 0.6) is 0 Å². The van der Waals surface area contributed by atoms with E-state index >= 15 is 0 Å². The summed E-state index contributed by atoms with van der Waals surface area (Å²) in [6, 6.07) is 0.426. The second kappa shape index (κ2) is 10.6. The molecule has 1 aromatic heterocycles. The highest BCUT2D eigenvalue weighted by Gasteiger charge is 2.26. The summed E-state index contributed by atoms with van der Waals surface area (Å²) in [5, 5.41) is 6.42. The van der Waals surface area contributed by atoms with Crippen LogP contribution in [0.3, 0.4) is 0 Å². The van der Waals surface area contributed by atoms with E-state index in [-0.39, 0.29) is 35.3 Å². The van der Waals surface area contributed by atoms with Crippen molar-refractivity contribution in [2.24, 2.45) is 4.99 Å². The summed E-state index contributed by atoms with van der Waals surface area (Å²) in [4.78, 5) is 25.5. The number of piperazine rings is 1. The monoisotopic (exact) mass is 518 g/mol. The van der Waals surface area contributed by atoms with Crippen LogP contribution in [0.1, 0.15) is 52.2 Å². The van der Waals surface area contributed by atoms with Crippen LogP contribution in [0, 0.1) is 0 Å². The number of guanidine groups is 1. The van der Waals surface area contributed by atoms with Crippen molar-refractivity contribution in [1.29, 1.82) is 0 Å². The molecule has 0 spiro atoms. The van der Waals surface area contributed by atoms with Crippen molar-refractivity contribution in [2.75, 3.05) is 39.3 Å². The van der Waals surface area contributed by atoms with E-state index in [0.29, 0.717) is 25.0 Å². The molecule has 2 fully saturated rings. The topological polar surface area (TPSA) is 86.0 Å². The Labute approximate surface area is 190 Å². The van der Waals surface area contributed by atoms with Crippen LogP contribution < -0.4 is 10.6 Å². The van der Waals surface area contributed by atoms with Gasteiger partial charge in [-0.05, 0) is 19.8 Å². The molecule has 1 aliphatic heterocycles. The van der Waals surface area contributed by atoms with Crippen LogP contribution in [0.2, 0.25) is 0 Å². The molecule has 0 atom stereocenters. The summed E-state index contributed by atoms with van der Waals surface area (Å²) in [5.74, 6) is 2.53. The van der Waals surface area contributed by atoms with Crippen molar-refractivity contribution in [2.45, 2.75) is 58.5 Å². The number of rotatable bonds is 6. The van der Waals surface area contributed by atoms with E-state index in [1.807, 2.05) is 0 Å². The highest BCUT2D eigenvalue weighted by molar-refractivity contribution is 14.0. The Balaban J connectivity index is 0.00000300. The molecule has 2 heterocycles. The number of hydrogen-bond acceptors (Lipinski definition) is 5. The lowest BCUT2D eigenvalue weighted by Crippen LogP contribution is -2.54. The van der Waals surface area contributed by atoms with Gasteiger partial charge in [0.2, 0.25) is 11.8 Å². The van der Waals surface area contributed by atoms with Crippen molar-refractivity contribution in [3.8, 4) is 0 Å². The lowest BCUT2D eigenvalue weighted by atomic mass is 9.94. The second-order valence-corrected chi connectivity index (χ2v) is 8.64. The zero-order valence-electron chi connectivity index (χ0n) is 18.0. The molecular weight excluding hydrogens is 483 g/mol. The Bertz CT molecular complexity index is 687. The second-order valence-electron chi connectivity index (χ2n) is 8.64. The zero-order valence-corrected chi connectivity index (χ0v) is 20.4. The van der Waals surface area contributed by atoms with Crippen molar-refractivity contribution in [3.63, 3.8) is 0 Å². The number of carbonyl (C=O) groups excluding carboxylic acids is 1. The molecule has 1 saturated carbocycles. The molecule has 1 aliphatic carbocycles. The van der Waals surface area contributed by atoms with E-state index in [2.05, 4.69) is 53.1 Å². The number of nitrogens with zero attached hydrogens (tertiary/aromatic N) is 4. The van der Waals surface area contributed by atoms with Gasteiger partial charge in [-0.15, -0.1) is 24.0 Å². The first-order chi connectivity index (χ1) is 13.3. The van der Waals surface area contributed by atoms with Crippen LogP contribution in [0.25, 0.3) is 0 Å². The van der Waals surface area contributed by atoms with Crippen LogP contribution in [0.15, 0.2) is 15.6 Å². The third-order valence-electron chi connectivity index (χ3n) is 4.97. The molecule has 1 saturated heterocycles. The SMILES string of the molecule is CCNC(=NCc1ncc(C(C)(C)C)o1)N1CCN(CC(=O)NC2CC2)CC1.I. The highest BCUT2D eigenvalue weighted by atomic mass is 127. The Morgan fingerprint density at radius 3 is 2.52 bits per heavy atom. The van der Waals surface area contributed by atoms with Crippen molar-refractivity contribution >= 4 is 35.8 Å². The van der Waals surface area contributed by atoms with Gasteiger partial charge < -0.3 is 20.0 Å². The molecule has 0 bridgehead atoms. The zero-order chi connectivity index (χ0) is 20.1. The molecule has 0 radical (unpaired) electrons. The van der Waals surface area contributed by atoms with Gasteiger partial charge in [-0.25, -0.2) is 9.98 Å². The summed E-state index contributed by atoms with van der Waals surface area (Å²) >= 11 is 0.